The first-order chi connectivity index (χ1) is 10.5. The zero-order chi connectivity index (χ0) is 15.9. The molecule has 2 aromatic carbocycles. The van der Waals surface area contributed by atoms with Crippen LogP contribution in [0.3, 0.4) is 0 Å². The molecule has 0 aliphatic rings. The molecule has 0 aromatic heterocycles. The van der Waals surface area contributed by atoms with Gasteiger partial charge in [0.15, 0.2) is 5.11 Å². The van der Waals surface area contributed by atoms with Crippen molar-refractivity contribution in [3.63, 3.8) is 0 Å². The van der Waals surface area contributed by atoms with Crippen LogP contribution in [0.15, 0.2) is 52.0 Å². The lowest BCUT2D eigenvalue weighted by molar-refractivity contribution is 0.305. The van der Waals surface area contributed by atoms with Crippen LogP contribution >= 0.6 is 28.1 Å². The molecule has 114 valence electrons. The Morgan fingerprint density at radius 3 is 2.73 bits per heavy atom. The maximum atomic E-state index is 5.87. The second-order valence-electron chi connectivity index (χ2n) is 4.69. The summed E-state index contributed by atoms with van der Waals surface area (Å²) in [5.74, 6) is 0.734. The summed E-state index contributed by atoms with van der Waals surface area (Å²) < 4.78 is 6.81. The van der Waals surface area contributed by atoms with Gasteiger partial charge in [-0.1, -0.05) is 45.8 Å². The first kappa shape index (κ1) is 16.5. The Hall–Kier alpha value is -1.92. The summed E-state index contributed by atoms with van der Waals surface area (Å²) in [6, 6.07) is 14.0. The smallest absolute Gasteiger partial charge is 0.184 e. The van der Waals surface area contributed by atoms with E-state index in [1.807, 2.05) is 18.2 Å². The summed E-state index contributed by atoms with van der Waals surface area (Å²) in [6.45, 7) is 2.55. The normalized spacial score (nSPS) is 10.6. The summed E-state index contributed by atoms with van der Waals surface area (Å²) in [5, 5.41) is 4.09. The molecule has 0 atom stereocenters. The van der Waals surface area contributed by atoms with E-state index in [1.54, 1.807) is 6.21 Å². The van der Waals surface area contributed by atoms with E-state index in [-0.39, 0.29) is 5.11 Å². The summed E-state index contributed by atoms with van der Waals surface area (Å²) in [6.07, 6.45) is 1.62. The van der Waals surface area contributed by atoms with E-state index in [9.17, 15) is 0 Å². The molecule has 0 aliphatic heterocycles. The number of rotatable bonds is 5. The van der Waals surface area contributed by atoms with E-state index in [4.69, 9.17) is 22.7 Å². The van der Waals surface area contributed by atoms with Crippen molar-refractivity contribution in [2.45, 2.75) is 13.5 Å². The van der Waals surface area contributed by atoms with Crippen LogP contribution in [0, 0.1) is 6.92 Å². The molecule has 0 amide bonds. The Bertz CT molecular complexity index is 686. The van der Waals surface area contributed by atoms with Gasteiger partial charge in [-0.25, -0.2) is 0 Å². The van der Waals surface area contributed by atoms with Gasteiger partial charge in [0.25, 0.3) is 0 Å². The van der Waals surface area contributed by atoms with Gasteiger partial charge < -0.3 is 10.5 Å². The molecule has 0 fully saturated rings. The third-order valence-corrected chi connectivity index (χ3v) is 3.45. The number of aryl methyl sites for hydroxylation is 1. The van der Waals surface area contributed by atoms with Crippen LogP contribution in [0.2, 0.25) is 0 Å². The quantitative estimate of drug-likeness (QED) is 0.475. The first-order valence-electron chi connectivity index (χ1n) is 6.61. The van der Waals surface area contributed by atoms with Gasteiger partial charge in [0.1, 0.15) is 12.4 Å². The van der Waals surface area contributed by atoms with Gasteiger partial charge in [0.05, 0.1) is 6.21 Å². The van der Waals surface area contributed by atoms with E-state index < -0.39 is 0 Å². The molecule has 4 nitrogen and oxygen atoms in total. The standard InChI is InChI=1S/C16H16BrN3OS/c1-11-2-4-12(5-3-11)10-21-15-7-6-14(17)8-13(15)9-19-20-16(18)22/h2-9H,10H2,1H3,(H3,18,20,22). The van der Waals surface area contributed by atoms with Crippen LogP contribution in [-0.2, 0) is 6.61 Å². The van der Waals surface area contributed by atoms with Crippen LogP contribution in [0.1, 0.15) is 16.7 Å². The molecule has 0 unspecified atom stereocenters. The average molecular weight is 378 g/mol. The highest BCUT2D eigenvalue weighted by atomic mass is 79.9. The number of halogens is 1. The van der Waals surface area contributed by atoms with Crippen LogP contribution in [0.4, 0.5) is 0 Å². The van der Waals surface area contributed by atoms with Crippen molar-refractivity contribution >= 4 is 39.5 Å². The lowest BCUT2D eigenvalue weighted by Gasteiger charge is -2.10. The fourth-order valence-electron chi connectivity index (χ4n) is 1.76. The molecule has 0 aliphatic carbocycles. The number of hydrogen-bond donors (Lipinski definition) is 2. The van der Waals surface area contributed by atoms with Crippen LogP contribution < -0.4 is 15.9 Å². The van der Waals surface area contributed by atoms with Crippen LogP contribution in [-0.4, -0.2) is 11.3 Å². The van der Waals surface area contributed by atoms with E-state index in [0.717, 1.165) is 21.3 Å². The minimum Gasteiger partial charge on any atom is -0.488 e. The Morgan fingerprint density at radius 2 is 2.05 bits per heavy atom. The number of nitrogens with zero attached hydrogens (tertiary/aromatic N) is 1. The van der Waals surface area contributed by atoms with E-state index in [1.165, 1.54) is 5.56 Å². The summed E-state index contributed by atoms with van der Waals surface area (Å²) in [5.41, 5.74) is 11.0. The minimum absolute atomic E-state index is 0.119. The van der Waals surface area contributed by atoms with Crippen molar-refractivity contribution in [2.24, 2.45) is 10.8 Å². The SMILES string of the molecule is Cc1ccc(COc2ccc(Br)cc2C=NNC(N)=S)cc1. The highest BCUT2D eigenvalue weighted by molar-refractivity contribution is 9.10. The second-order valence-corrected chi connectivity index (χ2v) is 6.05. The molecule has 0 spiro atoms. The molecular weight excluding hydrogens is 362 g/mol. The molecule has 22 heavy (non-hydrogen) atoms. The number of thiocarbonyl (C=S) groups is 1. The number of hydrazone groups is 1. The van der Waals surface area contributed by atoms with E-state index in [0.29, 0.717) is 6.61 Å². The third kappa shape index (κ3) is 5.13. The highest BCUT2D eigenvalue weighted by Gasteiger charge is 2.03. The largest absolute Gasteiger partial charge is 0.488 e. The molecule has 0 saturated heterocycles. The van der Waals surface area contributed by atoms with Crippen molar-refractivity contribution < 1.29 is 4.74 Å². The number of hydrogen-bond acceptors (Lipinski definition) is 3. The van der Waals surface area contributed by atoms with Crippen molar-refractivity contribution in [3.8, 4) is 5.75 Å². The molecule has 0 radical (unpaired) electrons. The summed E-state index contributed by atoms with van der Waals surface area (Å²) in [4.78, 5) is 0. The zero-order valence-electron chi connectivity index (χ0n) is 12.0. The topological polar surface area (TPSA) is 59.6 Å². The molecule has 6 heteroatoms. The molecule has 2 aromatic rings. The Kier molecular flexibility index (Phi) is 5.91. The Morgan fingerprint density at radius 1 is 1.32 bits per heavy atom. The fraction of sp³-hybridized carbons (Fsp3) is 0.125. The number of ether oxygens (including phenoxy) is 1. The van der Waals surface area contributed by atoms with Gasteiger partial charge in [0, 0.05) is 10.0 Å². The second kappa shape index (κ2) is 7.91. The number of nitrogens with two attached hydrogens (primary N) is 1. The molecule has 0 heterocycles. The van der Waals surface area contributed by atoms with Crippen molar-refractivity contribution in [3.05, 3.63) is 63.6 Å². The predicted octanol–water partition coefficient (Wildman–Crippen LogP) is 3.50. The highest BCUT2D eigenvalue weighted by Crippen LogP contribution is 2.22. The molecule has 0 saturated carbocycles. The first-order valence-corrected chi connectivity index (χ1v) is 7.81. The average Bonchev–Trinajstić information content (AvgIpc) is 2.48. The van der Waals surface area contributed by atoms with Gasteiger partial charge in [-0.2, -0.15) is 5.10 Å². The number of benzene rings is 2. The van der Waals surface area contributed by atoms with Crippen molar-refractivity contribution in [2.75, 3.05) is 0 Å². The Balaban J connectivity index is 2.10. The fourth-order valence-corrected chi connectivity index (χ4v) is 2.19. The summed E-state index contributed by atoms with van der Waals surface area (Å²) >= 11 is 8.14. The Labute approximate surface area is 143 Å². The molecule has 3 N–H and O–H groups in total. The third-order valence-electron chi connectivity index (χ3n) is 2.87. The predicted molar refractivity (Wildman–Crippen MR) is 97.2 cm³/mol. The van der Waals surface area contributed by atoms with Gasteiger partial charge in [0.2, 0.25) is 0 Å². The summed E-state index contributed by atoms with van der Waals surface area (Å²) in [7, 11) is 0. The van der Waals surface area contributed by atoms with Crippen molar-refractivity contribution in [1.29, 1.82) is 0 Å². The molecular formula is C16H16BrN3OS. The maximum absolute atomic E-state index is 5.87. The monoisotopic (exact) mass is 377 g/mol. The molecule has 0 bridgehead atoms. The van der Waals surface area contributed by atoms with E-state index >= 15 is 0 Å². The van der Waals surface area contributed by atoms with Gasteiger partial charge in [-0.15, -0.1) is 0 Å². The minimum atomic E-state index is 0.119. The zero-order valence-corrected chi connectivity index (χ0v) is 14.4. The lowest BCUT2D eigenvalue weighted by atomic mass is 10.1. The molecule has 2 rings (SSSR count). The van der Waals surface area contributed by atoms with Crippen molar-refractivity contribution in [1.82, 2.24) is 5.43 Å². The van der Waals surface area contributed by atoms with Gasteiger partial charge in [-0.3, -0.25) is 5.43 Å². The maximum Gasteiger partial charge on any atom is 0.184 e. The van der Waals surface area contributed by atoms with Crippen LogP contribution in [0.25, 0.3) is 0 Å². The number of nitrogens with one attached hydrogen (secondary N) is 1. The van der Waals surface area contributed by atoms with Gasteiger partial charge >= 0.3 is 0 Å². The van der Waals surface area contributed by atoms with E-state index in [2.05, 4.69) is 57.6 Å². The van der Waals surface area contributed by atoms with Crippen LogP contribution in [0.5, 0.6) is 5.75 Å². The van der Waals surface area contributed by atoms with Gasteiger partial charge in [-0.05, 0) is 42.9 Å². The lowest BCUT2D eigenvalue weighted by Crippen LogP contribution is -2.24.